The van der Waals surface area contributed by atoms with E-state index >= 15 is 0 Å². The molecule has 2 fully saturated rings. The summed E-state index contributed by atoms with van der Waals surface area (Å²) in [5.74, 6) is 0.971. The van der Waals surface area contributed by atoms with Gasteiger partial charge < -0.3 is 30.5 Å². The minimum atomic E-state index is -0.383. The van der Waals surface area contributed by atoms with Gasteiger partial charge in [0.25, 0.3) is 0 Å². The molecule has 11 heteroatoms. The number of hydrogen-bond donors (Lipinski definition) is 3. The van der Waals surface area contributed by atoms with Gasteiger partial charge in [0.05, 0.1) is 23.5 Å². The average molecular weight is 599 g/mol. The zero-order valence-corrected chi connectivity index (χ0v) is 25.9. The average Bonchev–Trinajstić information content (AvgIpc) is 3.44. The summed E-state index contributed by atoms with van der Waals surface area (Å²) in [5.41, 5.74) is 4.69. The summed E-state index contributed by atoms with van der Waals surface area (Å²) in [7, 11) is 0. The smallest absolute Gasteiger partial charge is 0.415 e. The molecule has 3 heterocycles. The van der Waals surface area contributed by atoms with Crippen molar-refractivity contribution in [3.8, 4) is 0 Å². The molecule has 2 amide bonds. The first-order valence-corrected chi connectivity index (χ1v) is 15.2. The van der Waals surface area contributed by atoms with Crippen LogP contribution in [0.5, 0.6) is 0 Å². The Balaban J connectivity index is 1.26. The quantitative estimate of drug-likeness (QED) is 0.241. The second kappa shape index (κ2) is 13.8. The molecule has 2 aliphatic rings. The topological polar surface area (TPSA) is 115 Å². The predicted octanol–water partition coefficient (Wildman–Crippen LogP) is 5.64. The first kappa shape index (κ1) is 30.8. The van der Waals surface area contributed by atoms with Crippen LogP contribution in [-0.2, 0) is 9.53 Å². The number of benzene rings is 2. The summed E-state index contributed by atoms with van der Waals surface area (Å²) in [6.45, 7) is 17.1. The third-order valence-electron chi connectivity index (χ3n) is 8.21. The molecule has 44 heavy (non-hydrogen) atoms. The number of hydrogen-bond acceptors (Lipinski definition) is 9. The third kappa shape index (κ3) is 7.11. The lowest BCUT2D eigenvalue weighted by molar-refractivity contribution is -0.111. The van der Waals surface area contributed by atoms with E-state index in [0.29, 0.717) is 18.4 Å². The molecule has 0 saturated carbocycles. The van der Waals surface area contributed by atoms with E-state index in [-0.39, 0.29) is 30.0 Å². The molecule has 0 spiro atoms. The minimum Gasteiger partial charge on any atom is -0.447 e. The number of anilines is 6. The Morgan fingerprint density at radius 3 is 2.48 bits per heavy atom. The van der Waals surface area contributed by atoms with Crippen LogP contribution in [-0.4, -0.2) is 72.2 Å². The van der Waals surface area contributed by atoms with E-state index in [0.717, 1.165) is 61.0 Å². The van der Waals surface area contributed by atoms with Crippen LogP contribution >= 0.6 is 0 Å². The number of rotatable bonds is 11. The van der Waals surface area contributed by atoms with Crippen molar-refractivity contribution in [3.05, 3.63) is 72.9 Å². The number of aromatic nitrogens is 2. The maximum Gasteiger partial charge on any atom is 0.415 e. The summed E-state index contributed by atoms with van der Waals surface area (Å²) < 4.78 is 5.28. The van der Waals surface area contributed by atoms with Gasteiger partial charge in [0.15, 0.2) is 0 Å². The largest absolute Gasteiger partial charge is 0.447 e. The molecular weight excluding hydrogens is 556 g/mol. The lowest BCUT2D eigenvalue weighted by Gasteiger charge is -2.36. The highest BCUT2D eigenvalue weighted by Gasteiger charge is 2.37. The Morgan fingerprint density at radius 2 is 1.80 bits per heavy atom. The highest BCUT2D eigenvalue weighted by Crippen LogP contribution is 2.32. The van der Waals surface area contributed by atoms with Crippen LogP contribution < -0.4 is 25.8 Å². The van der Waals surface area contributed by atoms with E-state index in [2.05, 4.69) is 81.3 Å². The molecule has 0 aliphatic carbocycles. The third-order valence-corrected chi connectivity index (χ3v) is 8.21. The van der Waals surface area contributed by atoms with E-state index in [1.807, 2.05) is 31.2 Å². The maximum atomic E-state index is 12.4. The van der Waals surface area contributed by atoms with Crippen molar-refractivity contribution in [2.24, 2.45) is 5.92 Å². The number of amides is 2. The molecule has 2 aliphatic heterocycles. The van der Waals surface area contributed by atoms with Crippen molar-refractivity contribution in [1.29, 1.82) is 0 Å². The molecule has 2 aromatic carbocycles. The molecular formula is C33H42N8O3. The number of carbonyl (C=O) groups is 2. The van der Waals surface area contributed by atoms with Crippen molar-refractivity contribution < 1.29 is 14.3 Å². The lowest BCUT2D eigenvalue weighted by Crippen LogP contribution is -2.46. The van der Waals surface area contributed by atoms with Gasteiger partial charge in [0, 0.05) is 43.8 Å². The number of nitrogens with one attached hydrogen (secondary N) is 3. The van der Waals surface area contributed by atoms with Gasteiger partial charge in [-0.25, -0.2) is 9.78 Å². The number of nitrogens with zero attached hydrogens (tertiary/aromatic N) is 5. The van der Waals surface area contributed by atoms with Crippen molar-refractivity contribution in [3.63, 3.8) is 0 Å². The highest BCUT2D eigenvalue weighted by atomic mass is 16.6. The van der Waals surface area contributed by atoms with Crippen molar-refractivity contribution >= 4 is 46.5 Å². The Hall–Kier alpha value is -4.64. The van der Waals surface area contributed by atoms with Crippen LogP contribution in [0, 0.1) is 5.92 Å². The zero-order chi connectivity index (χ0) is 31.2. The number of carbonyl (C=O) groups excluding carboxylic acids is 2. The van der Waals surface area contributed by atoms with Crippen molar-refractivity contribution in [2.45, 2.75) is 39.8 Å². The Morgan fingerprint density at radius 1 is 1.07 bits per heavy atom. The Kier molecular flexibility index (Phi) is 9.64. The molecule has 0 bridgehead atoms. The number of likely N-dealkylation sites (N-methyl/N-ethyl adjacent to an activating group) is 1. The van der Waals surface area contributed by atoms with Crippen molar-refractivity contribution in [1.82, 2.24) is 14.9 Å². The Labute approximate surface area is 259 Å². The van der Waals surface area contributed by atoms with E-state index in [1.165, 1.54) is 6.08 Å². The number of ether oxygens (including phenoxy) is 1. The van der Waals surface area contributed by atoms with Crippen LogP contribution in [0.4, 0.5) is 39.3 Å². The summed E-state index contributed by atoms with van der Waals surface area (Å²) in [6, 6.07) is 15.8. The molecule has 0 radical (unpaired) electrons. The van der Waals surface area contributed by atoms with Gasteiger partial charge in [-0.15, -0.1) is 0 Å². The molecule has 3 N–H and O–H groups in total. The molecule has 2 atom stereocenters. The van der Waals surface area contributed by atoms with Gasteiger partial charge >= 0.3 is 6.09 Å². The van der Waals surface area contributed by atoms with Crippen LogP contribution in [0.1, 0.15) is 39.3 Å². The van der Waals surface area contributed by atoms with Crippen LogP contribution in [0.3, 0.4) is 0 Å². The molecule has 11 nitrogen and oxygen atoms in total. The second-order valence-corrected chi connectivity index (χ2v) is 11.5. The predicted molar refractivity (Wildman–Crippen MR) is 176 cm³/mol. The summed E-state index contributed by atoms with van der Waals surface area (Å²) in [6.07, 6.45) is 2.56. The van der Waals surface area contributed by atoms with E-state index in [9.17, 15) is 9.59 Å². The standard InChI is InChI=1S/C33H42N8O3/c1-6-31(42)37-27-13-12-26(20-28(27)40-18-16-39(7-2)17-19-40)36-25-10-8-24(9-11-25)23(5)35-32-34-15-14-30(38-32)41-29(22(3)4)21-44-33(41)43/h6,8-15,20,22-23,29,36H,1,7,16-19,21H2,2-5H3,(H,37,42)(H,34,35,38)/t23-,29+/m0/s1. The lowest BCUT2D eigenvalue weighted by atomic mass is 10.0. The first-order valence-electron chi connectivity index (χ1n) is 15.2. The van der Waals surface area contributed by atoms with E-state index in [1.54, 1.807) is 17.2 Å². The minimum absolute atomic E-state index is 0.0628. The molecule has 5 rings (SSSR count). The Bertz CT molecular complexity index is 1470. The summed E-state index contributed by atoms with van der Waals surface area (Å²) >= 11 is 0. The first-order chi connectivity index (χ1) is 21.2. The van der Waals surface area contributed by atoms with Crippen LogP contribution in [0.25, 0.3) is 0 Å². The molecule has 232 valence electrons. The van der Waals surface area contributed by atoms with Gasteiger partial charge in [-0.05, 0) is 67.4 Å². The number of piperazine rings is 1. The van der Waals surface area contributed by atoms with E-state index in [4.69, 9.17) is 4.74 Å². The molecule has 0 unspecified atom stereocenters. The van der Waals surface area contributed by atoms with Gasteiger partial charge in [-0.3, -0.25) is 9.69 Å². The van der Waals surface area contributed by atoms with Gasteiger partial charge in [0.2, 0.25) is 11.9 Å². The molecule has 3 aromatic rings. The van der Waals surface area contributed by atoms with Crippen LogP contribution in [0.2, 0.25) is 0 Å². The second-order valence-electron chi connectivity index (χ2n) is 11.5. The fourth-order valence-electron chi connectivity index (χ4n) is 5.51. The highest BCUT2D eigenvalue weighted by molar-refractivity contribution is 6.01. The SMILES string of the molecule is C=CC(=O)Nc1ccc(Nc2ccc([C@H](C)Nc3nccc(N4C(=O)OC[C@@H]4C(C)C)n3)cc2)cc1N1CCN(CC)CC1. The summed E-state index contributed by atoms with van der Waals surface area (Å²) in [5, 5.41) is 9.82. The van der Waals surface area contributed by atoms with Gasteiger partial charge in [0.1, 0.15) is 12.4 Å². The fraction of sp³-hybridized carbons (Fsp3) is 0.394. The fourth-order valence-corrected chi connectivity index (χ4v) is 5.51. The van der Waals surface area contributed by atoms with Gasteiger partial charge in [-0.2, -0.15) is 4.98 Å². The maximum absolute atomic E-state index is 12.4. The summed E-state index contributed by atoms with van der Waals surface area (Å²) in [4.78, 5) is 39.9. The van der Waals surface area contributed by atoms with Gasteiger partial charge in [-0.1, -0.05) is 39.5 Å². The zero-order valence-electron chi connectivity index (χ0n) is 25.9. The number of cyclic esters (lactones) is 1. The van der Waals surface area contributed by atoms with Crippen molar-refractivity contribution in [2.75, 3.05) is 65.1 Å². The monoisotopic (exact) mass is 598 g/mol. The molecule has 2 saturated heterocycles. The molecule has 1 aromatic heterocycles. The van der Waals surface area contributed by atoms with E-state index < -0.39 is 0 Å². The van der Waals surface area contributed by atoms with Crippen LogP contribution in [0.15, 0.2) is 67.4 Å². The normalized spacial score (nSPS) is 17.8.